The molecule has 0 aromatic rings. The highest BCUT2D eigenvalue weighted by molar-refractivity contribution is 4.84. The number of hydrogen-bond acceptors (Lipinski definition) is 2. The van der Waals surface area contributed by atoms with E-state index in [0.29, 0.717) is 5.92 Å². The van der Waals surface area contributed by atoms with Crippen LogP contribution < -0.4 is 5.73 Å². The topological polar surface area (TPSA) is 29.3 Å². The molecule has 0 amide bonds. The van der Waals surface area contributed by atoms with E-state index in [1.807, 2.05) is 0 Å². The Kier molecular flexibility index (Phi) is 3.53. The first-order chi connectivity index (χ1) is 5.66. The normalized spacial score (nSPS) is 28.2. The third-order valence-electron chi connectivity index (χ3n) is 3.20. The first-order valence-electron chi connectivity index (χ1n) is 5.07. The van der Waals surface area contributed by atoms with Crippen molar-refractivity contribution in [3.63, 3.8) is 0 Å². The number of hydrogen-bond donors (Lipinski definition) is 1. The van der Waals surface area contributed by atoms with Crippen LogP contribution in [0, 0.1) is 11.8 Å². The maximum absolute atomic E-state index is 5.79. The Morgan fingerprint density at radius 3 is 2.50 bits per heavy atom. The van der Waals surface area contributed by atoms with Gasteiger partial charge in [-0.2, -0.15) is 0 Å². The van der Waals surface area contributed by atoms with E-state index >= 15 is 0 Å². The van der Waals surface area contributed by atoms with Crippen molar-refractivity contribution >= 4 is 0 Å². The van der Waals surface area contributed by atoms with Crippen LogP contribution in [0.3, 0.4) is 0 Å². The van der Waals surface area contributed by atoms with Gasteiger partial charge in [-0.3, -0.25) is 0 Å². The van der Waals surface area contributed by atoms with Gasteiger partial charge >= 0.3 is 0 Å². The van der Waals surface area contributed by atoms with Gasteiger partial charge < -0.3 is 10.6 Å². The van der Waals surface area contributed by atoms with Crippen LogP contribution in [0.5, 0.6) is 0 Å². The van der Waals surface area contributed by atoms with Gasteiger partial charge in [-0.15, -0.1) is 0 Å². The molecule has 0 aromatic heterocycles. The lowest BCUT2D eigenvalue weighted by Crippen LogP contribution is -2.39. The summed E-state index contributed by atoms with van der Waals surface area (Å²) >= 11 is 0. The Morgan fingerprint density at radius 1 is 1.50 bits per heavy atom. The first kappa shape index (κ1) is 10.0. The molecule has 0 radical (unpaired) electrons. The minimum absolute atomic E-state index is 0.692. The van der Waals surface area contributed by atoms with Crippen molar-refractivity contribution in [3.05, 3.63) is 0 Å². The molecule has 1 saturated heterocycles. The Morgan fingerprint density at radius 2 is 2.17 bits per heavy atom. The van der Waals surface area contributed by atoms with Gasteiger partial charge in [0.2, 0.25) is 0 Å². The summed E-state index contributed by atoms with van der Waals surface area (Å²) in [5, 5.41) is 0. The molecule has 1 rings (SSSR count). The van der Waals surface area contributed by atoms with Crippen molar-refractivity contribution in [2.24, 2.45) is 17.6 Å². The van der Waals surface area contributed by atoms with Crippen LogP contribution in [0.25, 0.3) is 0 Å². The summed E-state index contributed by atoms with van der Waals surface area (Å²) < 4.78 is 0. The van der Waals surface area contributed by atoms with Crippen LogP contribution in [0.4, 0.5) is 0 Å². The summed E-state index contributed by atoms with van der Waals surface area (Å²) in [4.78, 5) is 2.47. The van der Waals surface area contributed by atoms with Crippen molar-refractivity contribution in [1.29, 1.82) is 0 Å². The average molecular weight is 170 g/mol. The van der Waals surface area contributed by atoms with E-state index in [4.69, 9.17) is 5.73 Å². The molecule has 12 heavy (non-hydrogen) atoms. The monoisotopic (exact) mass is 170 g/mol. The van der Waals surface area contributed by atoms with Gasteiger partial charge in [0.25, 0.3) is 0 Å². The molecule has 1 aliphatic rings. The minimum atomic E-state index is 0.692. The molecule has 2 unspecified atom stereocenters. The summed E-state index contributed by atoms with van der Waals surface area (Å²) in [5.41, 5.74) is 5.79. The predicted molar refractivity (Wildman–Crippen MR) is 53.0 cm³/mol. The summed E-state index contributed by atoms with van der Waals surface area (Å²) in [6.07, 6.45) is 2.70. The van der Waals surface area contributed by atoms with E-state index in [1.165, 1.54) is 19.4 Å². The second-order valence-electron chi connectivity index (χ2n) is 4.33. The third kappa shape index (κ3) is 1.99. The van der Waals surface area contributed by atoms with Crippen LogP contribution in [-0.4, -0.2) is 31.1 Å². The van der Waals surface area contributed by atoms with Crippen LogP contribution in [0.15, 0.2) is 0 Å². The molecule has 2 N–H and O–H groups in total. The number of rotatable bonds is 3. The van der Waals surface area contributed by atoms with Crippen molar-refractivity contribution in [2.75, 3.05) is 20.1 Å². The minimum Gasteiger partial charge on any atom is -0.330 e. The SMILES string of the molecule is CC(C)C(CN)C1CCCN1C. The van der Waals surface area contributed by atoms with Gasteiger partial charge in [0, 0.05) is 6.04 Å². The second-order valence-corrected chi connectivity index (χ2v) is 4.33. The van der Waals surface area contributed by atoms with Gasteiger partial charge in [-0.25, -0.2) is 0 Å². The lowest BCUT2D eigenvalue weighted by molar-refractivity contribution is 0.190. The summed E-state index contributed by atoms with van der Waals surface area (Å²) in [7, 11) is 2.22. The Balaban J connectivity index is 2.52. The number of likely N-dealkylation sites (tertiary alicyclic amines) is 1. The largest absolute Gasteiger partial charge is 0.330 e. The highest BCUT2D eigenvalue weighted by Gasteiger charge is 2.29. The molecule has 0 aliphatic carbocycles. The zero-order chi connectivity index (χ0) is 9.14. The van der Waals surface area contributed by atoms with Crippen LogP contribution in [0.2, 0.25) is 0 Å². The lowest BCUT2D eigenvalue weighted by atomic mass is 9.87. The second kappa shape index (κ2) is 4.24. The predicted octanol–water partition coefficient (Wildman–Crippen LogP) is 1.31. The molecule has 1 heterocycles. The molecule has 0 saturated carbocycles. The standard InChI is InChI=1S/C10H22N2/c1-8(2)9(7-11)10-5-4-6-12(10)3/h8-10H,4-7,11H2,1-3H3. The van der Waals surface area contributed by atoms with Crippen molar-refractivity contribution in [1.82, 2.24) is 4.90 Å². The summed E-state index contributed by atoms with van der Waals surface area (Å²) in [5.74, 6) is 1.41. The smallest absolute Gasteiger partial charge is 0.0135 e. The third-order valence-corrected chi connectivity index (χ3v) is 3.20. The molecule has 0 aromatic carbocycles. The zero-order valence-electron chi connectivity index (χ0n) is 8.59. The molecule has 2 heteroatoms. The molecule has 2 nitrogen and oxygen atoms in total. The molecule has 0 spiro atoms. The highest BCUT2D eigenvalue weighted by Crippen LogP contribution is 2.26. The summed E-state index contributed by atoms with van der Waals surface area (Å²) in [6, 6.07) is 0.745. The average Bonchev–Trinajstić information content (AvgIpc) is 2.38. The fraction of sp³-hybridized carbons (Fsp3) is 1.00. The quantitative estimate of drug-likeness (QED) is 0.692. The van der Waals surface area contributed by atoms with Crippen molar-refractivity contribution in [2.45, 2.75) is 32.7 Å². The fourth-order valence-corrected chi connectivity index (χ4v) is 2.35. The Hall–Kier alpha value is -0.0800. The van der Waals surface area contributed by atoms with Crippen molar-refractivity contribution in [3.8, 4) is 0 Å². The van der Waals surface area contributed by atoms with Gasteiger partial charge in [0.05, 0.1) is 0 Å². The number of nitrogens with zero attached hydrogens (tertiary/aromatic N) is 1. The Bertz CT molecular complexity index is 134. The molecule has 1 fully saturated rings. The van der Waals surface area contributed by atoms with E-state index in [-0.39, 0.29) is 0 Å². The van der Waals surface area contributed by atoms with E-state index in [9.17, 15) is 0 Å². The molecule has 2 atom stereocenters. The van der Waals surface area contributed by atoms with Crippen molar-refractivity contribution < 1.29 is 0 Å². The van der Waals surface area contributed by atoms with Crippen LogP contribution >= 0.6 is 0 Å². The first-order valence-corrected chi connectivity index (χ1v) is 5.07. The fourth-order valence-electron chi connectivity index (χ4n) is 2.35. The summed E-state index contributed by atoms with van der Waals surface area (Å²) in [6.45, 7) is 6.66. The van der Waals surface area contributed by atoms with E-state index in [0.717, 1.165) is 18.5 Å². The van der Waals surface area contributed by atoms with E-state index in [1.54, 1.807) is 0 Å². The molecular weight excluding hydrogens is 148 g/mol. The maximum Gasteiger partial charge on any atom is 0.0135 e. The van der Waals surface area contributed by atoms with Gasteiger partial charge in [-0.1, -0.05) is 13.8 Å². The van der Waals surface area contributed by atoms with Crippen LogP contribution in [0.1, 0.15) is 26.7 Å². The molecule has 0 bridgehead atoms. The van der Waals surface area contributed by atoms with Crippen LogP contribution in [-0.2, 0) is 0 Å². The molecule has 1 aliphatic heterocycles. The number of nitrogens with two attached hydrogens (primary N) is 1. The highest BCUT2D eigenvalue weighted by atomic mass is 15.2. The van der Waals surface area contributed by atoms with Gasteiger partial charge in [-0.05, 0) is 44.8 Å². The van der Waals surface area contributed by atoms with Gasteiger partial charge in [0.15, 0.2) is 0 Å². The molecule has 72 valence electrons. The molecular formula is C10H22N2. The van der Waals surface area contributed by atoms with Gasteiger partial charge in [0.1, 0.15) is 0 Å². The Labute approximate surface area is 76.1 Å². The maximum atomic E-state index is 5.79. The van der Waals surface area contributed by atoms with E-state index in [2.05, 4.69) is 25.8 Å². The zero-order valence-corrected chi connectivity index (χ0v) is 8.59. The lowest BCUT2D eigenvalue weighted by Gasteiger charge is -2.30. The van der Waals surface area contributed by atoms with E-state index < -0.39 is 0 Å².